The molecule has 10 heteroatoms. The van der Waals surface area contributed by atoms with E-state index in [1.165, 1.54) is 16.6 Å². The molecule has 1 atom stereocenters. The number of rotatable bonds is 3. The third-order valence-corrected chi connectivity index (χ3v) is 7.08. The highest BCUT2D eigenvalue weighted by Gasteiger charge is 2.48. The first-order valence-corrected chi connectivity index (χ1v) is 10.2. The highest BCUT2D eigenvalue weighted by molar-refractivity contribution is 7.89. The number of sulfonamides is 1. The average Bonchev–Trinajstić information content (AvgIpc) is 3.18. The van der Waals surface area contributed by atoms with E-state index in [4.69, 9.17) is 4.74 Å². The summed E-state index contributed by atoms with van der Waals surface area (Å²) in [6.45, 7) is 0.962. The Morgan fingerprint density at radius 2 is 2.11 bits per heavy atom. The lowest BCUT2D eigenvalue weighted by Gasteiger charge is -2.45. The average molecular weight is 391 g/mol. The maximum Gasteiger partial charge on any atom is 0.250 e. The lowest BCUT2D eigenvalue weighted by Crippen LogP contribution is -2.54. The van der Waals surface area contributed by atoms with Gasteiger partial charge in [0.1, 0.15) is 16.3 Å². The van der Waals surface area contributed by atoms with Gasteiger partial charge in [-0.3, -0.25) is 9.78 Å². The Kier molecular flexibility index (Phi) is 4.49. The van der Waals surface area contributed by atoms with Gasteiger partial charge in [-0.15, -0.1) is 0 Å². The fraction of sp³-hybridized carbons (Fsp3) is 0.471. The minimum atomic E-state index is -3.61. The SMILES string of the molecule is CNC(=O)[C@@H]1Cn2ccnc2C2(CCN(S(=O)(=O)c3cccnc3)CC2)O1. The van der Waals surface area contributed by atoms with Crippen molar-refractivity contribution in [1.82, 2.24) is 24.2 Å². The van der Waals surface area contributed by atoms with E-state index in [0.717, 1.165) is 5.82 Å². The summed E-state index contributed by atoms with van der Waals surface area (Å²) in [5.41, 5.74) is -0.764. The van der Waals surface area contributed by atoms with Crippen LogP contribution in [0, 0.1) is 0 Å². The number of carbonyl (C=O) groups excluding carboxylic acids is 1. The molecule has 4 rings (SSSR count). The molecule has 2 aliphatic rings. The number of amides is 1. The van der Waals surface area contributed by atoms with Gasteiger partial charge in [-0.1, -0.05) is 0 Å². The van der Waals surface area contributed by atoms with Crippen molar-refractivity contribution in [2.45, 2.75) is 36.0 Å². The monoisotopic (exact) mass is 391 g/mol. The fourth-order valence-electron chi connectivity index (χ4n) is 3.77. The van der Waals surface area contributed by atoms with Crippen LogP contribution in [0.25, 0.3) is 0 Å². The van der Waals surface area contributed by atoms with Crippen molar-refractivity contribution in [3.63, 3.8) is 0 Å². The molecule has 2 aromatic heterocycles. The van der Waals surface area contributed by atoms with E-state index in [1.807, 2.05) is 10.8 Å². The van der Waals surface area contributed by atoms with E-state index in [0.29, 0.717) is 19.4 Å². The van der Waals surface area contributed by atoms with Crippen LogP contribution in [-0.2, 0) is 31.7 Å². The molecule has 1 saturated heterocycles. The van der Waals surface area contributed by atoms with Crippen molar-refractivity contribution < 1.29 is 17.9 Å². The third-order valence-electron chi connectivity index (χ3n) is 5.19. The molecular formula is C17H21N5O4S. The number of imidazole rings is 1. The second-order valence-electron chi connectivity index (χ2n) is 6.71. The number of nitrogens with one attached hydrogen (secondary N) is 1. The van der Waals surface area contributed by atoms with E-state index >= 15 is 0 Å². The van der Waals surface area contributed by atoms with Crippen molar-refractivity contribution in [1.29, 1.82) is 0 Å². The molecule has 2 aliphatic heterocycles. The Bertz CT molecular complexity index is 935. The van der Waals surface area contributed by atoms with Crippen LogP contribution in [-0.4, -0.2) is 59.4 Å². The number of nitrogens with zero attached hydrogens (tertiary/aromatic N) is 4. The van der Waals surface area contributed by atoms with Crippen molar-refractivity contribution in [3.05, 3.63) is 42.7 Å². The number of likely N-dealkylation sites (N-methyl/N-ethyl adjacent to an activating group) is 1. The molecule has 27 heavy (non-hydrogen) atoms. The van der Waals surface area contributed by atoms with E-state index in [9.17, 15) is 13.2 Å². The van der Waals surface area contributed by atoms with Gasteiger partial charge in [0.05, 0.1) is 6.54 Å². The number of ether oxygens (including phenoxy) is 1. The molecule has 1 N–H and O–H groups in total. The normalized spacial score (nSPS) is 22.3. The van der Waals surface area contributed by atoms with Gasteiger partial charge in [0, 0.05) is 44.9 Å². The fourth-order valence-corrected chi connectivity index (χ4v) is 5.18. The highest BCUT2D eigenvalue weighted by Crippen LogP contribution is 2.41. The largest absolute Gasteiger partial charge is 0.357 e. The number of hydrogen-bond donors (Lipinski definition) is 1. The van der Waals surface area contributed by atoms with Crippen LogP contribution in [0.1, 0.15) is 18.7 Å². The molecule has 1 amide bonds. The number of hydrogen-bond acceptors (Lipinski definition) is 6. The van der Waals surface area contributed by atoms with Crippen LogP contribution in [0.15, 0.2) is 41.8 Å². The van der Waals surface area contributed by atoms with Gasteiger partial charge in [-0.25, -0.2) is 13.4 Å². The summed E-state index contributed by atoms with van der Waals surface area (Å²) in [6, 6.07) is 3.14. The minimum absolute atomic E-state index is 0.176. The van der Waals surface area contributed by atoms with E-state index in [1.54, 1.807) is 25.5 Å². The zero-order valence-electron chi connectivity index (χ0n) is 14.9. The Morgan fingerprint density at radius 3 is 2.78 bits per heavy atom. The first-order valence-electron chi connectivity index (χ1n) is 8.77. The van der Waals surface area contributed by atoms with Gasteiger partial charge in [-0.2, -0.15) is 4.31 Å². The Hall–Kier alpha value is -2.30. The maximum atomic E-state index is 12.8. The van der Waals surface area contributed by atoms with Crippen molar-refractivity contribution in [3.8, 4) is 0 Å². The number of aromatic nitrogens is 3. The van der Waals surface area contributed by atoms with Crippen LogP contribution >= 0.6 is 0 Å². The van der Waals surface area contributed by atoms with Crippen molar-refractivity contribution >= 4 is 15.9 Å². The third kappa shape index (κ3) is 3.03. The minimum Gasteiger partial charge on any atom is -0.357 e. The van der Waals surface area contributed by atoms with Crippen LogP contribution < -0.4 is 5.32 Å². The van der Waals surface area contributed by atoms with Crippen molar-refractivity contribution in [2.75, 3.05) is 20.1 Å². The lowest BCUT2D eigenvalue weighted by atomic mass is 9.89. The Morgan fingerprint density at radius 1 is 1.33 bits per heavy atom. The molecule has 1 spiro atoms. The zero-order valence-corrected chi connectivity index (χ0v) is 15.7. The quantitative estimate of drug-likeness (QED) is 0.796. The summed E-state index contributed by atoms with van der Waals surface area (Å²) in [5, 5.41) is 2.62. The Balaban J connectivity index is 1.58. The van der Waals surface area contributed by atoms with Crippen LogP contribution in [0.2, 0.25) is 0 Å². The number of piperidine rings is 1. The number of pyridine rings is 1. The second kappa shape index (κ2) is 6.70. The molecular weight excluding hydrogens is 370 g/mol. The van der Waals surface area contributed by atoms with Gasteiger partial charge in [0.25, 0.3) is 5.91 Å². The first-order chi connectivity index (χ1) is 13.0. The molecule has 2 aromatic rings. The van der Waals surface area contributed by atoms with Gasteiger partial charge in [0.15, 0.2) is 6.10 Å². The smallest absolute Gasteiger partial charge is 0.250 e. The van der Waals surface area contributed by atoms with Gasteiger partial charge in [-0.05, 0) is 25.0 Å². The molecule has 4 heterocycles. The van der Waals surface area contributed by atoms with Gasteiger partial charge in [0.2, 0.25) is 10.0 Å². The summed E-state index contributed by atoms with van der Waals surface area (Å²) in [7, 11) is -2.03. The predicted molar refractivity (Wildman–Crippen MR) is 95.1 cm³/mol. The molecule has 0 aromatic carbocycles. The van der Waals surface area contributed by atoms with Crippen molar-refractivity contribution in [2.24, 2.45) is 0 Å². The standard InChI is InChI=1S/C17H21N5O4S/c1-18-15(23)14-12-21-10-7-20-16(21)17(26-14)4-8-22(9-5-17)27(24,25)13-3-2-6-19-11-13/h2-3,6-7,10-11,14H,4-5,8-9,12H2,1H3,(H,18,23)/t14-/m0/s1. The summed E-state index contributed by atoms with van der Waals surface area (Å²) in [6.07, 6.45) is 6.63. The van der Waals surface area contributed by atoms with Crippen LogP contribution in [0.5, 0.6) is 0 Å². The summed E-state index contributed by atoms with van der Waals surface area (Å²) in [4.78, 5) is 20.7. The molecule has 0 unspecified atom stereocenters. The van der Waals surface area contributed by atoms with E-state index in [-0.39, 0.29) is 23.9 Å². The predicted octanol–water partition coefficient (Wildman–Crippen LogP) is 0.103. The van der Waals surface area contributed by atoms with Gasteiger partial charge >= 0.3 is 0 Å². The molecule has 0 aliphatic carbocycles. The van der Waals surface area contributed by atoms with Crippen LogP contribution in [0.4, 0.5) is 0 Å². The molecule has 0 saturated carbocycles. The molecule has 0 bridgehead atoms. The van der Waals surface area contributed by atoms with Crippen LogP contribution in [0.3, 0.4) is 0 Å². The lowest BCUT2D eigenvalue weighted by molar-refractivity contribution is -0.170. The summed E-state index contributed by atoms with van der Waals surface area (Å²) < 4.78 is 35.2. The first kappa shape index (κ1) is 18.1. The topological polar surface area (TPSA) is 106 Å². The number of carbonyl (C=O) groups is 1. The van der Waals surface area contributed by atoms with E-state index < -0.39 is 21.7 Å². The highest BCUT2D eigenvalue weighted by atomic mass is 32.2. The Labute approximate surface area is 157 Å². The van der Waals surface area contributed by atoms with Gasteiger partial charge < -0.3 is 14.6 Å². The molecule has 0 radical (unpaired) electrons. The second-order valence-corrected chi connectivity index (χ2v) is 8.65. The molecule has 144 valence electrons. The summed E-state index contributed by atoms with van der Waals surface area (Å²) in [5.74, 6) is 0.556. The molecule has 9 nitrogen and oxygen atoms in total. The summed E-state index contributed by atoms with van der Waals surface area (Å²) >= 11 is 0. The molecule has 1 fully saturated rings. The zero-order chi connectivity index (χ0) is 19.1. The van der Waals surface area contributed by atoms with E-state index in [2.05, 4.69) is 15.3 Å². The number of fused-ring (bicyclic) bond motifs is 2. The maximum absolute atomic E-state index is 12.8.